The molecule has 0 saturated carbocycles. The number of benzene rings is 1. The molecule has 1 fully saturated rings. The molecule has 1 aromatic carbocycles. The normalized spacial score (nSPS) is 16.8. The summed E-state index contributed by atoms with van der Waals surface area (Å²) in [6.45, 7) is 0.855. The van der Waals surface area contributed by atoms with Crippen LogP contribution in [0.3, 0.4) is 0 Å². The zero-order chi connectivity index (χ0) is 19.0. The monoisotopic (exact) mass is 370 g/mol. The van der Waals surface area contributed by atoms with Gasteiger partial charge in [-0.2, -0.15) is 0 Å². The summed E-state index contributed by atoms with van der Waals surface area (Å²) < 4.78 is 21.6. The molecule has 1 saturated heterocycles. The zero-order valence-corrected chi connectivity index (χ0v) is 14.8. The lowest BCUT2D eigenvalue weighted by Gasteiger charge is -2.17. The van der Waals surface area contributed by atoms with Gasteiger partial charge in [-0.3, -0.25) is 13.9 Å². The Morgan fingerprint density at radius 2 is 2.07 bits per heavy atom. The van der Waals surface area contributed by atoms with Crippen molar-refractivity contribution in [3.63, 3.8) is 0 Å². The van der Waals surface area contributed by atoms with Crippen molar-refractivity contribution < 1.29 is 13.9 Å². The number of likely N-dealkylation sites (tertiary alicyclic amines) is 1. The summed E-state index contributed by atoms with van der Waals surface area (Å²) in [6, 6.07) is 9.06. The van der Waals surface area contributed by atoms with E-state index in [9.17, 15) is 14.0 Å². The first-order valence-corrected chi connectivity index (χ1v) is 8.72. The lowest BCUT2D eigenvalue weighted by atomic mass is 10.2. The highest BCUT2D eigenvalue weighted by Crippen LogP contribution is 2.24. The average molecular weight is 370 g/mol. The fourth-order valence-electron chi connectivity index (χ4n) is 3.47. The van der Waals surface area contributed by atoms with E-state index in [4.69, 9.17) is 4.74 Å². The van der Waals surface area contributed by atoms with Crippen molar-refractivity contribution in [3.8, 4) is 5.75 Å². The summed E-state index contributed by atoms with van der Waals surface area (Å²) in [7, 11) is 1.72. The summed E-state index contributed by atoms with van der Waals surface area (Å²) in [6.07, 6.45) is 2.34. The van der Waals surface area contributed by atoms with Gasteiger partial charge in [0.2, 0.25) is 0 Å². The molecule has 0 spiro atoms. The molecule has 0 unspecified atom stereocenters. The van der Waals surface area contributed by atoms with Crippen LogP contribution < -0.4 is 10.4 Å². The van der Waals surface area contributed by atoms with Crippen molar-refractivity contribution in [3.05, 3.63) is 58.9 Å². The van der Waals surface area contributed by atoms with Gasteiger partial charge in [-0.1, -0.05) is 0 Å². The molecule has 0 bridgehead atoms. The highest BCUT2D eigenvalue weighted by molar-refractivity contribution is 5.78. The van der Waals surface area contributed by atoms with Gasteiger partial charge >= 0.3 is 5.69 Å². The Morgan fingerprint density at radius 1 is 1.30 bits per heavy atom. The number of imidazole rings is 1. The maximum atomic E-state index is 12.9. The third-order valence-electron chi connectivity index (χ3n) is 4.91. The van der Waals surface area contributed by atoms with Crippen LogP contribution in [0.1, 0.15) is 12.5 Å². The first kappa shape index (κ1) is 17.3. The number of amides is 1. The molecular weight excluding hydrogens is 351 g/mol. The number of nitrogens with zero attached hydrogens (tertiary/aromatic N) is 4. The van der Waals surface area contributed by atoms with Gasteiger partial charge in [-0.15, -0.1) is 0 Å². The maximum Gasteiger partial charge on any atom is 0.330 e. The van der Waals surface area contributed by atoms with Crippen LogP contribution in [0.4, 0.5) is 4.39 Å². The number of ether oxygens (including phenoxy) is 1. The van der Waals surface area contributed by atoms with E-state index < -0.39 is 0 Å². The topological polar surface area (TPSA) is 69.4 Å². The van der Waals surface area contributed by atoms with Crippen molar-refractivity contribution in [1.82, 2.24) is 19.0 Å². The van der Waals surface area contributed by atoms with Crippen LogP contribution in [-0.2, 0) is 11.8 Å². The van der Waals surface area contributed by atoms with Crippen LogP contribution in [0.5, 0.6) is 5.75 Å². The Labute approximate surface area is 154 Å². The van der Waals surface area contributed by atoms with E-state index in [-0.39, 0.29) is 30.1 Å². The van der Waals surface area contributed by atoms with E-state index in [1.54, 1.807) is 33.3 Å². The molecule has 8 heteroatoms. The number of halogens is 1. The molecule has 2 aromatic heterocycles. The molecule has 0 radical (unpaired) electrons. The van der Waals surface area contributed by atoms with Gasteiger partial charge in [0.05, 0.1) is 11.6 Å². The number of carbonyl (C=O) groups is 1. The van der Waals surface area contributed by atoms with Gasteiger partial charge in [-0.05, 0) is 42.8 Å². The number of aryl methyl sites for hydroxylation is 1. The van der Waals surface area contributed by atoms with Crippen molar-refractivity contribution in [2.24, 2.45) is 7.05 Å². The van der Waals surface area contributed by atoms with Crippen LogP contribution in [0.2, 0.25) is 0 Å². The highest BCUT2D eigenvalue weighted by Gasteiger charge is 2.30. The lowest BCUT2D eigenvalue weighted by Crippen LogP contribution is -2.34. The molecule has 4 rings (SSSR count). The summed E-state index contributed by atoms with van der Waals surface area (Å²) >= 11 is 0. The average Bonchev–Trinajstić information content (AvgIpc) is 3.25. The van der Waals surface area contributed by atoms with E-state index in [2.05, 4.69) is 4.98 Å². The molecule has 1 aliphatic rings. The van der Waals surface area contributed by atoms with E-state index in [1.807, 2.05) is 6.07 Å². The fraction of sp³-hybridized carbons (Fsp3) is 0.316. The lowest BCUT2D eigenvalue weighted by molar-refractivity contribution is -0.132. The van der Waals surface area contributed by atoms with E-state index in [0.717, 1.165) is 5.52 Å². The Morgan fingerprint density at radius 3 is 2.85 bits per heavy atom. The molecule has 0 N–H and O–H groups in total. The van der Waals surface area contributed by atoms with Gasteiger partial charge in [0.25, 0.3) is 5.91 Å². The predicted molar refractivity (Wildman–Crippen MR) is 97.1 cm³/mol. The molecule has 27 heavy (non-hydrogen) atoms. The number of rotatable bonds is 4. The number of pyridine rings is 1. The van der Waals surface area contributed by atoms with Gasteiger partial charge in [0.15, 0.2) is 12.3 Å². The highest BCUT2D eigenvalue weighted by atomic mass is 19.1. The fourth-order valence-corrected chi connectivity index (χ4v) is 3.47. The first-order chi connectivity index (χ1) is 13.0. The summed E-state index contributed by atoms with van der Waals surface area (Å²) in [5, 5.41) is 0. The minimum Gasteiger partial charge on any atom is -0.484 e. The van der Waals surface area contributed by atoms with Gasteiger partial charge in [-0.25, -0.2) is 14.2 Å². The molecule has 1 atom stereocenters. The first-order valence-electron chi connectivity index (χ1n) is 8.72. The zero-order valence-electron chi connectivity index (χ0n) is 14.8. The SMILES string of the molecule is Cn1c(=O)n([C@@H]2CCN(C(=O)COc3ccc(F)cc3)C2)c2ncccc21. The third-order valence-corrected chi connectivity index (χ3v) is 4.91. The molecule has 140 valence electrons. The minimum atomic E-state index is -0.356. The molecule has 1 amide bonds. The predicted octanol–water partition coefficient (Wildman–Crippen LogP) is 1.73. The Kier molecular flexibility index (Phi) is 4.39. The van der Waals surface area contributed by atoms with Crippen molar-refractivity contribution in [2.45, 2.75) is 12.5 Å². The summed E-state index contributed by atoms with van der Waals surface area (Å²) in [4.78, 5) is 31.1. The number of hydrogen-bond acceptors (Lipinski definition) is 4. The van der Waals surface area contributed by atoms with Crippen LogP contribution in [-0.4, -0.2) is 44.6 Å². The largest absolute Gasteiger partial charge is 0.484 e. The Bertz CT molecular complexity index is 1040. The van der Waals surface area contributed by atoms with Gasteiger partial charge < -0.3 is 9.64 Å². The molecule has 3 aromatic rings. The number of aromatic nitrogens is 3. The Balaban J connectivity index is 1.46. The summed E-state index contributed by atoms with van der Waals surface area (Å²) in [5.74, 6) is -0.0803. The van der Waals surface area contributed by atoms with Crippen LogP contribution in [0, 0.1) is 5.82 Å². The van der Waals surface area contributed by atoms with Crippen molar-refractivity contribution in [1.29, 1.82) is 0 Å². The van der Waals surface area contributed by atoms with Crippen LogP contribution in [0.25, 0.3) is 11.2 Å². The quantitative estimate of drug-likeness (QED) is 0.701. The van der Waals surface area contributed by atoms with Crippen molar-refractivity contribution >= 4 is 17.1 Å². The standard InChI is InChI=1S/C19H19FN4O3/c1-22-16-3-2-9-21-18(16)24(19(22)26)14-8-10-23(11-14)17(25)12-27-15-6-4-13(20)5-7-15/h2-7,9,14H,8,10-12H2,1H3/t14-/m1/s1. The number of hydrogen-bond donors (Lipinski definition) is 0. The minimum absolute atomic E-state index is 0.120. The molecule has 3 heterocycles. The second kappa shape index (κ2) is 6.86. The van der Waals surface area contributed by atoms with Crippen molar-refractivity contribution in [2.75, 3.05) is 19.7 Å². The molecular formula is C19H19FN4O3. The number of fused-ring (bicyclic) bond motifs is 1. The van der Waals surface area contributed by atoms with Crippen LogP contribution in [0.15, 0.2) is 47.4 Å². The maximum absolute atomic E-state index is 12.9. The Hall–Kier alpha value is -3.16. The van der Waals surface area contributed by atoms with E-state index in [0.29, 0.717) is 30.9 Å². The molecule has 1 aliphatic heterocycles. The molecule has 0 aliphatic carbocycles. The van der Waals surface area contributed by atoms with Gasteiger partial charge in [0, 0.05) is 26.3 Å². The smallest absolute Gasteiger partial charge is 0.330 e. The second-order valence-electron chi connectivity index (χ2n) is 6.58. The van der Waals surface area contributed by atoms with Gasteiger partial charge in [0.1, 0.15) is 11.6 Å². The summed E-state index contributed by atoms with van der Waals surface area (Å²) in [5.41, 5.74) is 1.27. The van der Waals surface area contributed by atoms with Crippen LogP contribution >= 0.6 is 0 Å². The number of carbonyl (C=O) groups excluding carboxylic acids is 1. The van der Waals surface area contributed by atoms with E-state index >= 15 is 0 Å². The molecule has 7 nitrogen and oxygen atoms in total. The second-order valence-corrected chi connectivity index (χ2v) is 6.58. The third kappa shape index (κ3) is 3.18. The van der Waals surface area contributed by atoms with E-state index in [1.165, 1.54) is 24.3 Å².